The SMILES string of the molecule is CC(C)C1CCC(NCC2CCC2)CC1. The summed E-state index contributed by atoms with van der Waals surface area (Å²) in [7, 11) is 0. The van der Waals surface area contributed by atoms with E-state index in [0.717, 1.165) is 23.8 Å². The predicted molar refractivity (Wildman–Crippen MR) is 65.9 cm³/mol. The minimum absolute atomic E-state index is 0.848. The zero-order chi connectivity index (χ0) is 10.7. The van der Waals surface area contributed by atoms with Crippen LogP contribution in [0.15, 0.2) is 0 Å². The van der Waals surface area contributed by atoms with Crippen LogP contribution in [0, 0.1) is 17.8 Å². The number of hydrogen-bond donors (Lipinski definition) is 1. The third-order valence-electron chi connectivity index (χ3n) is 4.63. The normalized spacial score (nSPS) is 33.0. The van der Waals surface area contributed by atoms with E-state index in [4.69, 9.17) is 0 Å². The van der Waals surface area contributed by atoms with E-state index < -0.39 is 0 Å². The van der Waals surface area contributed by atoms with E-state index in [-0.39, 0.29) is 0 Å². The minimum Gasteiger partial charge on any atom is -0.314 e. The van der Waals surface area contributed by atoms with Crippen LogP contribution in [0.25, 0.3) is 0 Å². The van der Waals surface area contributed by atoms with Crippen LogP contribution in [0.1, 0.15) is 58.8 Å². The molecule has 0 aromatic carbocycles. The molecule has 1 nitrogen and oxygen atoms in total. The lowest BCUT2D eigenvalue weighted by Crippen LogP contribution is -2.38. The zero-order valence-electron chi connectivity index (χ0n) is 10.5. The van der Waals surface area contributed by atoms with E-state index in [2.05, 4.69) is 19.2 Å². The molecule has 0 unspecified atom stereocenters. The molecular weight excluding hydrogens is 182 g/mol. The largest absolute Gasteiger partial charge is 0.314 e. The van der Waals surface area contributed by atoms with Gasteiger partial charge in [0.05, 0.1) is 0 Å². The average Bonchev–Trinajstić information content (AvgIpc) is 2.16. The second-order valence-corrected chi connectivity index (χ2v) is 6.06. The van der Waals surface area contributed by atoms with E-state index >= 15 is 0 Å². The van der Waals surface area contributed by atoms with Crippen molar-refractivity contribution in [2.24, 2.45) is 17.8 Å². The molecule has 0 atom stereocenters. The molecule has 2 fully saturated rings. The minimum atomic E-state index is 0.848. The smallest absolute Gasteiger partial charge is 0.00673 e. The van der Waals surface area contributed by atoms with Crippen molar-refractivity contribution in [2.45, 2.75) is 64.8 Å². The molecule has 2 rings (SSSR count). The summed E-state index contributed by atoms with van der Waals surface area (Å²) in [4.78, 5) is 0. The fourth-order valence-electron chi connectivity index (χ4n) is 3.02. The summed E-state index contributed by atoms with van der Waals surface area (Å²) in [6, 6.07) is 0.848. The molecule has 0 saturated heterocycles. The van der Waals surface area contributed by atoms with Crippen LogP contribution in [0.3, 0.4) is 0 Å². The Morgan fingerprint density at radius 3 is 2.13 bits per heavy atom. The highest BCUT2D eigenvalue weighted by molar-refractivity contribution is 4.80. The van der Waals surface area contributed by atoms with Crippen LogP contribution in [0.5, 0.6) is 0 Å². The van der Waals surface area contributed by atoms with Gasteiger partial charge >= 0.3 is 0 Å². The number of hydrogen-bond acceptors (Lipinski definition) is 1. The van der Waals surface area contributed by atoms with Crippen molar-refractivity contribution in [3.8, 4) is 0 Å². The van der Waals surface area contributed by atoms with Crippen LogP contribution in [0.4, 0.5) is 0 Å². The van der Waals surface area contributed by atoms with E-state index in [9.17, 15) is 0 Å². The van der Waals surface area contributed by atoms with Crippen molar-refractivity contribution in [1.82, 2.24) is 5.32 Å². The molecule has 15 heavy (non-hydrogen) atoms. The van der Waals surface area contributed by atoms with Crippen molar-refractivity contribution in [2.75, 3.05) is 6.54 Å². The summed E-state index contributed by atoms with van der Waals surface area (Å²) < 4.78 is 0. The first-order chi connectivity index (χ1) is 7.25. The molecule has 0 bridgehead atoms. The maximum atomic E-state index is 3.78. The van der Waals surface area contributed by atoms with Gasteiger partial charge in [-0.1, -0.05) is 20.3 Å². The molecule has 0 aromatic rings. The van der Waals surface area contributed by atoms with Crippen molar-refractivity contribution < 1.29 is 0 Å². The highest BCUT2D eigenvalue weighted by Crippen LogP contribution is 2.31. The summed E-state index contributed by atoms with van der Waals surface area (Å²) in [5, 5.41) is 3.78. The van der Waals surface area contributed by atoms with E-state index in [1.807, 2.05) is 0 Å². The highest BCUT2D eigenvalue weighted by Gasteiger charge is 2.24. The van der Waals surface area contributed by atoms with Crippen molar-refractivity contribution in [1.29, 1.82) is 0 Å². The number of nitrogens with one attached hydrogen (secondary N) is 1. The van der Waals surface area contributed by atoms with Gasteiger partial charge in [-0.25, -0.2) is 0 Å². The van der Waals surface area contributed by atoms with Crippen LogP contribution >= 0.6 is 0 Å². The zero-order valence-corrected chi connectivity index (χ0v) is 10.5. The molecule has 88 valence electrons. The first-order valence-corrected chi connectivity index (χ1v) is 6.99. The van der Waals surface area contributed by atoms with Crippen LogP contribution in [0.2, 0.25) is 0 Å². The van der Waals surface area contributed by atoms with E-state index in [1.165, 1.54) is 51.5 Å². The molecule has 2 saturated carbocycles. The van der Waals surface area contributed by atoms with Gasteiger partial charge in [0, 0.05) is 6.04 Å². The molecule has 2 aliphatic rings. The molecule has 0 amide bonds. The van der Waals surface area contributed by atoms with E-state index in [0.29, 0.717) is 0 Å². The Morgan fingerprint density at radius 1 is 1.00 bits per heavy atom. The monoisotopic (exact) mass is 209 g/mol. The van der Waals surface area contributed by atoms with Gasteiger partial charge < -0.3 is 5.32 Å². The molecule has 0 aliphatic heterocycles. The van der Waals surface area contributed by atoms with Gasteiger partial charge in [-0.2, -0.15) is 0 Å². The van der Waals surface area contributed by atoms with E-state index in [1.54, 1.807) is 0 Å². The lowest BCUT2D eigenvalue weighted by molar-refractivity contribution is 0.219. The molecule has 2 aliphatic carbocycles. The summed E-state index contributed by atoms with van der Waals surface area (Å²) in [6.45, 7) is 6.07. The Kier molecular flexibility index (Phi) is 4.07. The summed E-state index contributed by atoms with van der Waals surface area (Å²) in [6.07, 6.45) is 10.2. The Balaban J connectivity index is 1.60. The maximum Gasteiger partial charge on any atom is 0.00673 e. The second kappa shape index (κ2) is 5.34. The third kappa shape index (κ3) is 3.21. The Bertz CT molecular complexity index is 176. The Labute approximate surface area is 95.0 Å². The Morgan fingerprint density at radius 2 is 1.67 bits per heavy atom. The molecule has 1 N–H and O–H groups in total. The number of rotatable bonds is 4. The van der Waals surface area contributed by atoms with Gasteiger partial charge in [0.2, 0.25) is 0 Å². The van der Waals surface area contributed by atoms with Gasteiger partial charge in [-0.15, -0.1) is 0 Å². The highest BCUT2D eigenvalue weighted by atomic mass is 14.9. The van der Waals surface area contributed by atoms with Gasteiger partial charge in [0.1, 0.15) is 0 Å². The van der Waals surface area contributed by atoms with Gasteiger partial charge in [0.15, 0.2) is 0 Å². The maximum absolute atomic E-state index is 3.78. The summed E-state index contributed by atoms with van der Waals surface area (Å²) >= 11 is 0. The molecule has 0 aromatic heterocycles. The lowest BCUT2D eigenvalue weighted by atomic mass is 9.79. The van der Waals surface area contributed by atoms with Crippen molar-refractivity contribution in [3.05, 3.63) is 0 Å². The lowest BCUT2D eigenvalue weighted by Gasteiger charge is -2.33. The quantitative estimate of drug-likeness (QED) is 0.746. The fraction of sp³-hybridized carbons (Fsp3) is 1.00. The van der Waals surface area contributed by atoms with Gasteiger partial charge in [0.25, 0.3) is 0 Å². The first-order valence-electron chi connectivity index (χ1n) is 6.99. The molecule has 0 spiro atoms. The Hall–Kier alpha value is -0.0400. The molecule has 1 heteroatoms. The van der Waals surface area contributed by atoms with Crippen molar-refractivity contribution in [3.63, 3.8) is 0 Å². The van der Waals surface area contributed by atoms with Gasteiger partial charge in [-0.05, 0) is 62.8 Å². The topological polar surface area (TPSA) is 12.0 Å². The van der Waals surface area contributed by atoms with Gasteiger partial charge in [-0.3, -0.25) is 0 Å². The molecule has 0 heterocycles. The van der Waals surface area contributed by atoms with Crippen LogP contribution < -0.4 is 5.32 Å². The standard InChI is InChI=1S/C14H27N/c1-11(2)13-6-8-14(9-7-13)15-10-12-4-3-5-12/h11-15H,3-10H2,1-2H3. The predicted octanol–water partition coefficient (Wildman–Crippen LogP) is 3.59. The molecular formula is C14H27N. The second-order valence-electron chi connectivity index (χ2n) is 6.06. The fourth-order valence-corrected chi connectivity index (χ4v) is 3.02. The van der Waals surface area contributed by atoms with Crippen molar-refractivity contribution >= 4 is 0 Å². The van der Waals surface area contributed by atoms with Crippen LogP contribution in [-0.4, -0.2) is 12.6 Å². The molecule has 0 radical (unpaired) electrons. The van der Waals surface area contributed by atoms with Crippen LogP contribution in [-0.2, 0) is 0 Å². The third-order valence-corrected chi connectivity index (χ3v) is 4.63. The average molecular weight is 209 g/mol. The summed E-state index contributed by atoms with van der Waals surface area (Å²) in [5.41, 5.74) is 0. The first kappa shape index (κ1) is 11.4. The summed E-state index contributed by atoms with van der Waals surface area (Å²) in [5.74, 6) is 2.93.